The fraction of sp³-hybridized carbons (Fsp3) is 0.259. The summed E-state index contributed by atoms with van der Waals surface area (Å²) in [5.74, 6) is -0.347. The molecule has 0 aliphatic carbocycles. The first-order valence-electron chi connectivity index (χ1n) is 11.1. The number of hydrogen-bond donors (Lipinski definition) is 2. The van der Waals surface area contributed by atoms with Crippen LogP contribution in [0.25, 0.3) is 0 Å². The Balaban J connectivity index is 1.73. The Hall–Kier alpha value is -3.52. The first-order valence-corrected chi connectivity index (χ1v) is 12.5. The van der Waals surface area contributed by atoms with Crippen LogP contribution in [0.5, 0.6) is 5.75 Å². The standard InChI is InChI=1S/C27H29FN2O4S/c1-34-24-13-5-20(6-14-24)18-30(23-11-9-22(28)10-12-23)17-19-3-7-21(8-4-19)26(31)29-25(27(32)33)15-16-35-2/h3-14,25H,15-18H2,1-2H3,(H,29,31)(H,32,33). The van der Waals surface area contributed by atoms with Crippen LogP contribution in [-0.4, -0.2) is 42.1 Å². The van der Waals surface area contributed by atoms with E-state index >= 15 is 0 Å². The molecule has 0 saturated heterocycles. The molecule has 0 aliphatic rings. The van der Waals surface area contributed by atoms with Crippen LogP contribution >= 0.6 is 11.8 Å². The lowest BCUT2D eigenvalue weighted by Crippen LogP contribution is -2.41. The van der Waals surface area contributed by atoms with E-state index in [1.165, 1.54) is 23.9 Å². The van der Waals surface area contributed by atoms with Gasteiger partial charge in [0, 0.05) is 24.3 Å². The van der Waals surface area contributed by atoms with Gasteiger partial charge in [0.15, 0.2) is 0 Å². The molecule has 0 radical (unpaired) electrons. The normalized spacial score (nSPS) is 11.5. The van der Waals surface area contributed by atoms with Gasteiger partial charge >= 0.3 is 5.97 Å². The number of methoxy groups -OCH3 is 1. The maximum absolute atomic E-state index is 13.5. The van der Waals surface area contributed by atoms with E-state index in [1.807, 2.05) is 42.7 Å². The van der Waals surface area contributed by atoms with E-state index in [-0.39, 0.29) is 5.82 Å². The molecular weight excluding hydrogens is 467 g/mol. The average molecular weight is 497 g/mol. The Labute approximate surface area is 209 Å². The highest BCUT2D eigenvalue weighted by Gasteiger charge is 2.20. The number of aliphatic carboxylic acids is 1. The minimum atomic E-state index is -1.04. The summed E-state index contributed by atoms with van der Waals surface area (Å²) in [5, 5.41) is 11.9. The van der Waals surface area contributed by atoms with Gasteiger partial charge < -0.3 is 20.1 Å². The number of nitrogens with one attached hydrogen (secondary N) is 1. The molecule has 1 amide bonds. The number of carboxylic acid groups (broad SMARTS) is 1. The van der Waals surface area contributed by atoms with Gasteiger partial charge in [-0.1, -0.05) is 24.3 Å². The maximum Gasteiger partial charge on any atom is 0.326 e. The summed E-state index contributed by atoms with van der Waals surface area (Å²) in [7, 11) is 1.62. The van der Waals surface area contributed by atoms with E-state index in [4.69, 9.17) is 4.74 Å². The van der Waals surface area contributed by atoms with Crippen molar-refractivity contribution in [1.29, 1.82) is 0 Å². The van der Waals surface area contributed by atoms with Gasteiger partial charge in [-0.25, -0.2) is 9.18 Å². The van der Waals surface area contributed by atoms with Gasteiger partial charge in [0.2, 0.25) is 0 Å². The number of carbonyl (C=O) groups is 2. The fourth-order valence-electron chi connectivity index (χ4n) is 3.56. The lowest BCUT2D eigenvalue weighted by molar-refractivity contribution is -0.139. The second-order valence-electron chi connectivity index (χ2n) is 8.02. The summed E-state index contributed by atoms with van der Waals surface area (Å²) < 4.78 is 18.7. The Bertz CT molecular complexity index is 1110. The quantitative estimate of drug-likeness (QED) is 0.368. The van der Waals surface area contributed by atoms with Crippen molar-refractivity contribution in [3.8, 4) is 5.75 Å². The highest BCUT2D eigenvalue weighted by molar-refractivity contribution is 7.98. The molecule has 0 fully saturated rings. The van der Waals surface area contributed by atoms with Gasteiger partial charge in [-0.05, 0) is 78.1 Å². The van der Waals surface area contributed by atoms with Crippen LogP contribution in [0.4, 0.5) is 10.1 Å². The number of nitrogens with zero attached hydrogens (tertiary/aromatic N) is 1. The van der Waals surface area contributed by atoms with Gasteiger partial charge in [-0.15, -0.1) is 0 Å². The summed E-state index contributed by atoms with van der Waals surface area (Å²) >= 11 is 1.53. The second-order valence-corrected chi connectivity index (χ2v) is 9.01. The number of benzene rings is 3. The monoisotopic (exact) mass is 496 g/mol. The molecule has 1 atom stereocenters. The van der Waals surface area contributed by atoms with Crippen molar-refractivity contribution >= 4 is 29.3 Å². The topological polar surface area (TPSA) is 78.9 Å². The van der Waals surface area contributed by atoms with Gasteiger partial charge in [-0.2, -0.15) is 11.8 Å². The molecular formula is C27H29FN2O4S. The predicted octanol–water partition coefficient (Wildman–Crippen LogP) is 4.98. The average Bonchev–Trinajstić information content (AvgIpc) is 2.87. The number of halogens is 1. The number of amides is 1. The van der Waals surface area contributed by atoms with E-state index in [2.05, 4.69) is 10.2 Å². The summed E-state index contributed by atoms with van der Waals surface area (Å²) in [5.41, 5.74) is 3.28. The zero-order chi connectivity index (χ0) is 25.2. The van der Waals surface area contributed by atoms with Crippen molar-refractivity contribution in [2.24, 2.45) is 0 Å². The van der Waals surface area contributed by atoms with Crippen LogP contribution in [0, 0.1) is 5.82 Å². The predicted molar refractivity (Wildman–Crippen MR) is 138 cm³/mol. The van der Waals surface area contributed by atoms with E-state index in [0.717, 1.165) is 22.6 Å². The molecule has 184 valence electrons. The zero-order valence-electron chi connectivity index (χ0n) is 19.7. The zero-order valence-corrected chi connectivity index (χ0v) is 20.6. The number of anilines is 1. The summed E-state index contributed by atoms with van der Waals surface area (Å²) in [6, 6.07) is 20.2. The molecule has 1 unspecified atom stereocenters. The van der Waals surface area contributed by atoms with Gasteiger partial charge in [0.25, 0.3) is 5.91 Å². The first kappa shape index (κ1) is 26.1. The summed E-state index contributed by atoms with van der Waals surface area (Å²) in [4.78, 5) is 26.1. The third-order valence-corrected chi connectivity index (χ3v) is 6.17. The van der Waals surface area contributed by atoms with Crippen molar-refractivity contribution < 1.29 is 23.8 Å². The van der Waals surface area contributed by atoms with Gasteiger partial charge in [0.1, 0.15) is 17.6 Å². The van der Waals surface area contributed by atoms with Crippen LogP contribution in [0.2, 0.25) is 0 Å². The SMILES string of the molecule is COc1ccc(CN(Cc2ccc(C(=O)NC(CCSC)C(=O)O)cc2)c2ccc(F)cc2)cc1. The molecule has 3 aromatic rings. The molecule has 0 saturated carbocycles. The van der Waals surface area contributed by atoms with Crippen molar-refractivity contribution in [1.82, 2.24) is 5.32 Å². The molecule has 0 heterocycles. The number of carbonyl (C=O) groups excluding carboxylic acids is 1. The van der Waals surface area contributed by atoms with Crippen LogP contribution in [0.3, 0.4) is 0 Å². The van der Waals surface area contributed by atoms with Crippen molar-refractivity contribution in [3.05, 3.63) is 95.3 Å². The highest BCUT2D eigenvalue weighted by Crippen LogP contribution is 2.22. The smallest absolute Gasteiger partial charge is 0.326 e. The Morgan fingerprint density at radius 2 is 1.54 bits per heavy atom. The molecule has 8 heteroatoms. The second kappa shape index (κ2) is 12.8. The van der Waals surface area contributed by atoms with E-state index in [1.54, 1.807) is 31.4 Å². The highest BCUT2D eigenvalue weighted by atomic mass is 32.2. The molecule has 0 spiro atoms. The molecule has 3 aromatic carbocycles. The van der Waals surface area contributed by atoms with Crippen LogP contribution in [0.15, 0.2) is 72.8 Å². The van der Waals surface area contributed by atoms with Crippen LogP contribution < -0.4 is 15.0 Å². The molecule has 2 N–H and O–H groups in total. The Morgan fingerprint density at radius 3 is 2.06 bits per heavy atom. The van der Waals surface area contributed by atoms with Crippen molar-refractivity contribution in [3.63, 3.8) is 0 Å². The minimum Gasteiger partial charge on any atom is -0.497 e. The maximum atomic E-state index is 13.5. The van der Waals surface area contributed by atoms with Crippen molar-refractivity contribution in [2.75, 3.05) is 24.0 Å². The van der Waals surface area contributed by atoms with Crippen LogP contribution in [-0.2, 0) is 17.9 Å². The Kier molecular flexibility index (Phi) is 9.55. The van der Waals surface area contributed by atoms with E-state index < -0.39 is 17.9 Å². The summed E-state index contributed by atoms with van der Waals surface area (Å²) in [6.45, 7) is 1.12. The molecule has 6 nitrogen and oxygen atoms in total. The number of thioether (sulfide) groups is 1. The summed E-state index contributed by atoms with van der Waals surface area (Å²) in [6.07, 6.45) is 2.25. The van der Waals surface area contributed by atoms with Crippen molar-refractivity contribution in [2.45, 2.75) is 25.6 Å². The molecule has 0 bridgehead atoms. The third-order valence-electron chi connectivity index (χ3n) is 5.53. The molecule has 35 heavy (non-hydrogen) atoms. The Morgan fingerprint density at radius 1 is 0.971 bits per heavy atom. The number of carboxylic acids is 1. The van der Waals surface area contributed by atoms with E-state index in [9.17, 15) is 19.1 Å². The number of hydrogen-bond acceptors (Lipinski definition) is 5. The third kappa shape index (κ3) is 7.75. The minimum absolute atomic E-state index is 0.300. The van der Waals surface area contributed by atoms with Gasteiger partial charge in [0.05, 0.1) is 7.11 Å². The first-order chi connectivity index (χ1) is 16.9. The molecule has 0 aromatic heterocycles. The molecule has 0 aliphatic heterocycles. The fourth-order valence-corrected chi connectivity index (χ4v) is 4.03. The lowest BCUT2D eigenvalue weighted by atomic mass is 10.1. The number of rotatable bonds is 12. The van der Waals surface area contributed by atoms with Crippen LogP contribution in [0.1, 0.15) is 27.9 Å². The van der Waals surface area contributed by atoms with Gasteiger partial charge in [-0.3, -0.25) is 4.79 Å². The number of ether oxygens (including phenoxy) is 1. The molecule has 3 rings (SSSR count). The largest absolute Gasteiger partial charge is 0.497 e. The van der Waals surface area contributed by atoms with E-state index in [0.29, 0.717) is 30.8 Å². The lowest BCUT2D eigenvalue weighted by Gasteiger charge is -2.25.